The lowest BCUT2D eigenvalue weighted by molar-refractivity contribution is -0.131. The average Bonchev–Trinajstić information content (AvgIpc) is 3.21. The molecule has 8 heteroatoms. The van der Waals surface area contributed by atoms with Crippen LogP contribution in [0.2, 0.25) is 0 Å². The molecule has 0 radical (unpaired) electrons. The summed E-state index contributed by atoms with van der Waals surface area (Å²) in [5.74, 6) is 1.21. The first-order valence-electron chi connectivity index (χ1n) is 8.01. The van der Waals surface area contributed by atoms with Gasteiger partial charge in [0.25, 0.3) is 5.24 Å². The van der Waals surface area contributed by atoms with Crippen LogP contribution in [0.25, 0.3) is 0 Å². The second kappa shape index (κ2) is 7.35. The van der Waals surface area contributed by atoms with Crippen molar-refractivity contribution >= 4 is 28.8 Å². The summed E-state index contributed by atoms with van der Waals surface area (Å²) in [4.78, 5) is 39.2. The molecule has 3 rings (SSSR count). The monoisotopic (exact) mass is 364 g/mol. The molecule has 0 saturated carbocycles. The Morgan fingerprint density at radius 3 is 2.64 bits per heavy atom. The number of methoxy groups -OCH3 is 2. The minimum absolute atomic E-state index is 0.0264. The van der Waals surface area contributed by atoms with Crippen LogP contribution in [0.4, 0.5) is 4.79 Å². The van der Waals surface area contributed by atoms with Crippen molar-refractivity contribution in [1.29, 1.82) is 0 Å². The van der Waals surface area contributed by atoms with Crippen LogP contribution in [-0.4, -0.2) is 66.0 Å². The zero-order chi connectivity index (χ0) is 18.0. The standard InChI is InChI=1S/C17H20N2O5S/c1-23-13-4-3-11(7-14(13)24-2)8-15(20)18-6-5-12(9-18)19-16(21)10-25-17(19)22/h3-4,7,12H,5-6,8-10H2,1-2H3. The second-order valence-corrected chi connectivity index (χ2v) is 6.89. The number of carbonyl (C=O) groups excluding carboxylic acids is 3. The Kier molecular flexibility index (Phi) is 5.17. The minimum atomic E-state index is -0.204. The van der Waals surface area contributed by atoms with Gasteiger partial charge in [-0.1, -0.05) is 17.8 Å². The van der Waals surface area contributed by atoms with E-state index in [2.05, 4.69) is 0 Å². The Bertz CT molecular complexity index is 692. The van der Waals surface area contributed by atoms with Crippen LogP contribution >= 0.6 is 11.8 Å². The summed E-state index contributed by atoms with van der Waals surface area (Å²) in [7, 11) is 3.11. The molecule has 1 atom stereocenters. The lowest BCUT2D eigenvalue weighted by Gasteiger charge is -2.22. The van der Waals surface area contributed by atoms with Gasteiger partial charge < -0.3 is 14.4 Å². The number of hydrogen-bond acceptors (Lipinski definition) is 6. The average molecular weight is 364 g/mol. The molecule has 0 bridgehead atoms. The molecule has 2 saturated heterocycles. The summed E-state index contributed by atoms with van der Waals surface area (Å²) in [5, 5.41) is -0.204. The number of ether oxygens (including phenoxy) is 2. The van der Waals surface area contributed by atoms with Crippen molar-refractivity contribution in [1.82, 2.24) is 9.80 Å². The Labute approximate surface area is 150 Å². The van der Waals surface area contributed by atoms with E-state index in [0.29, 0.717) is 31.0 Å². The molecule has 0 aromatic heterocycles. The van der Waals surface area contributed by atoms with Gasteiger partial charge in [-0.2, -0.15) is 0 Å². The third-order valence-corrected chi connectivity index (χ3v) is 5.30. The topological polar surface area (TPSA) is 76.2 Å². The predicted octanol–water partition coefficient (Wildman–Crippen LogP) is 1.54. The zero-order valence-electron chi connectivity index (χ0n) is 14.2. The van der Waals surface area contributed by atoms with Crippen LogP contribution < -0.4 is 9.47 Å². The number of carbonyl (C=O) groups is 3. The summed E-state index contributed by atoms with van der Waals surface area (Å²) in [5.41, 5.74) is 0.829. The van der Waals surface area contributed by atoms with E-state index in [1.807, 2.05) is 6.07 Å². The molecule has 2 heterocycles. The first kappa shape index (κ1) is 17.6. The van der Waals surface area contributed by atoms with Crippen LogP contribution in [0, 0.1) is 0 Å². The van der Waals surface area contributed by atoms with Crippen LogP contribution in [-0.2, 0) is 16.0 Å². The van der Waals surface area contributed by atoms with Crippen molar-refractivity contribution in [3.05, 3.63) is 23.8 Å². The predicted molar refractivity (Wildman–Crippen MR) is 92.9 cm³/mol. The number of hydrogen-bond donors (Lipinski definition) is 0. The summed E-state index contributed by atoms with van der Waals surface area (Å²) in [6.07, 6.45) is 0.874. The molecule has 3 amide bonds. The van der Waals surface area contributed by atoms with Gasteiger partial charge in [0, 0.05) is 13.1 Å². The van der Waals surface area contributed by atoms with Gasteiger partial charge in [-0.15, -0.1) is 0 Å². The lowest BCUT2D eigenvalue weighted by atomic mass is 10.1. The van der Waals surface area contributed by atoms with E-state index in [9.17, 15) is 14.4 Å². The summed E-state index contributed by atoms with van der Waals surface area (Å²) in [6, 6.07) is 5.18. The Morgan fingerprint density at radius 2 is 2.00 bits per heavy atom. The van der Waals surface area contributed by atoms with Crippen molar-refractivity contribution in [3.8, 4) is 11.5 Å². The lowest BCUT2D eigenvalue weighted by Crippen LogP contribution is -2.41. The van der Waals surface area contributed by atoms with Gasteiger partial charge in [0.05, 0.1) is 32.4 Å². The molecule has 1 unspecified atom stereocenters. The third-order valence-electron chi connectivity index (χ3n) is 4.47. The van der Waals surface area contributed by atoms with Gasteiger partial charge in [0.1, 0.15) is 0 Å². The molecule has 0 N–H and O–H groups in total. The third kappa shape index (κ3) is 3.58. The number of imide groups is 1. The molecular weight excluding hydrogens is 344 g/mol. The molecule has 2 fully saturated rings. The van der Waals surface area contributed by atoms with Crippen molar-refractivity contribution in [3.63, 3.8) is 0 Å². The number of thioether (sulfide) groups is 1. The van der Waals surface area contributed by atoms with Gasteiger partial charge in [-0.25, -0.2) is 0 Å². The van der Waals surface area contributed by atoms with E-state index in [1.165, 1.54) is 4.90 Å². The molecule has 2 aliphatic rings. The second-order valence-electron chi connectivity index (χ2n) is 5.97. The number of nitrogens with zero attached hydrogens (tertiary/aromatic N) is 2. The Morgan fingerprint density at radius 1 is 1.24 bits per heavy atom. The number of likely N-dealkylation sites (tertiary alicyclic amines) is 1. The maximum absolute atomic E-state index is 12.6. The fourth-order valence-corrected chi connectivity index (χ4v) is 3.95. The van der Waals surface area contributed by atoms with Crippen LogP contribution in [0.5, 0.6) is 11.5 Å². The summed E-state index contributed by atoms with van der Waals surface area (Å²) >= 11 is 1.03. The van der Waals surface area contributed by atoms with Gasteiger partial charge in [0.15, 0.2) is 11.5 Å². The van der Waals surface area contributed by atoms with Gasteiger partial charge in [-0.3, -0.25) is 19.3 Å². The Hall–Kier alpha value is -2.22. The quantitative estimate of drug-likeness (QED) is 0.789. The normalized spacial score (nSPS) is 20.3. The molecule has 0 aliphatic carbocycles. The molecule has 2 aliphatic heterocycles. The molecule has 7 nitrogen and oxygen atoms in total. The van der Waals surface area contributed by atoms with Crippen molar-refractivity contribution in [2.24, 2.45) is 0 Å². The Balaban J connectivity index is 1.63. The van der Waals surface area contributed by atoms with E-state index in [4.69, 9.17) is 9.47 Å². The molecule has 1 aromatic rings. The van der Waals surface area contributed by atoms with Gasteiger partial charge in [-0.05, 0) is 24.1 Å². The highest BCUT2D eigenvalue weighted by Crippen LogP contribution is 2.29. The van der Waals surface area contributed by atoms with Crippen LogP contribution in [0.3, 0.4) is 0 Å². The highest BCUT2D eigenvalue weighted by atomic mass is 32.2. The smallest absolute Gasteiger partial charge is 0.289 e. The minimum Gasteiger partial charge on any atom is -0.493 e. The highest BCUT2D eigenvalue weighted by molar-refractivity contribution is 8.14. The van der Waals surface area contributed by atoms with E-state index >= 15 is 0 Å². The van der Waals surface area contributed by atoms with Crippen molar-refractivity contribution < 1.29 is 23.9 Å². The summed E-state index contributed by atoms with van der Waals surface area (Å²) in [6.45, 7) is 0.961. The first-order valence-corrected chi connectivity index (χ1v) is 8.99. The van der Waals surface area contributed by atoms with Crippen LogP contribution in [0.15, 0.2) is 18.2 Å². The van der Waals surface area contributed by atoms with E-state index in [1.54, 1.807) is 31.3 Å². The fraction of sp³-hybridized carbons (Fsp3) is 0.471. The molecule has 1 aromatic carbocycles. The van der Waals surface area contributed by atoms with E-state index < -0.39 is 0 Å². The zero-order valence-corrected chi connectivity index (χ0v) is 15.0. The maximum Gasteiger partial charge on any atom is 0.289 e. The molecule has 134 valence electrons. The number of amides is 3. The first-order chi connectivity index (χ1) is 12.0. The number of benzene rings is 1. The van der Waals surface area contributed by atoms with Gasteiger partial charge >= 0.3 is 0 Å². The summed E-state index contributed by atoms with van der Waals surface area (Å²) < 4.78 is 10.5. The maximum atomic E-state index is 12.6. The molecule has 25 heavy (non-hydrogen) atoms. The van der Waals surface area contributed by atoms with E-state index in [0.717, 1.165) is 17.3 Å². The molecule has 0 spiro atoms. The van der Waals surface area contributed by atoms with Gasteiger partial charge in [0.2, 0.25) is 11.8 Å². The van der Waals surface area contributed by atoms with Crippen LogP contribution in [0.1, 0.15) is 12.0 Å². The van der Waals surface area contributed by atoms with Crippen molar-refractivity contribution in [2.45, 2.75) is 18.9 Å². The molecular formula is C17H20N2O5S. The van der Waals surface area contributed by atoms with Crippen molar-refractivity contribution in [2.75, 3.05) is 33.1 Å². The largest absolute Gasteiger partial charge is 0.493 e. The highest BCUT2D eigenvalue weighted by Gasteiger charge is 2.40. The van der Waals surface area contributed by atoms with E-state index in [-0.39, 0.29) is 35.3 Å². The SMILES string of the molecule is COc1ccc(CC(=O)N2CCC(N3C(=O)CSC3=O)C2)cc1OC. The number of rotatable bonds is 5. The fourth-order valence-electron chi connectivity index (χ4n) is 3.17.